The summed E-state index contributed by atoms with van der Waals surface area (Å²) in [4.78, 5) is 25.0. The van der Waals surface area contributed by atoms with Crippen LogP contribution in [0.15, 0.2) is 12.1 Å². The van der Waals surface area contributed by atoms with Crippen molar-refractivity contribution in [2.24, 2.45) is 5.41 Å². The first-order valence-electron chi connectivity index (χ1n) is 18.4. The molecule has 0 bridgehead atoms. The second kappa shape index (κ2) is 21.0. The van der Waals surface area contributed by atoms with Gasteiger partial charge in [-0.1, -0.05) is 164 Å². The van der Waals surface area contributed by atoms with Gasteiger partial charge in [0.25, 0.3) is 0 Å². The maximum atomic E-state index is 12.6. The molecule has 0 spiro atoms. The van der Waals surface area contributed by atoms with Crippen LogP contribution in [0.25, 0.3) is 0 Å². The van der Waals surface area contributed by atoms with Crippen LogP contribution in [0.5, 0.6) is 5.75 Å². The molecule has 0 atom stereocenters. The van der Waals surface area contributed by atoms with Gasteiger partial charge < -0.3 is 15.2 Å². The molecule has 0 fully saturated rings. The van der Waals surface area contributed by atoms with Gasteiger partial charge in [0.05, 0.1) is 6.61 Å². The third kappa shape index (κ3) is 18.6. The molecule has 5 nitrogen and oxygen atoms in total. The quantitative estimate of drug-likeness (QED) is 0.0933. The van der Waals surface area contributed by atoms with Crippen molar-refractivity contribution < 1.29 is 19.4 Å². The van der Waals surface area contributed by atoms with Crippen molar-refractivity contribution in [1.82, 2.24) is 5.32 Å². The summed E-state index contributed by atoms with van der Waals surface area (Å²) >= 11 is 0. The van der Waals surface area contributed by atoms with Gasteiger partial charge in [-0.15, -0.1) is 0 Å². The normalized spacial score (nSPS) is 12.4. The fourth-order valence-electron chi connectivity index (χ4n) is 5.71. The molecule has 0 saturated heterocycles. The molecule has 5 heteroatoms. The highest BCUT2D eigenvalue weighted by atomic mass is 16.5. The average Bonchev–Trinajstić information content (AvgIpc) is 2.95. The van der Waals surface area contributed by atoms with Gasteiger partial charge in [-0.2, -0.15) is 0 Å². The van der Waals surface area contributed by atoms with Crippen LogP contribution in [-0.4, -0.2) is 30.1 Å². The number of carbonyl (C=O) groups is 2. The van der Waals surface area contributed by atoms with Crippen LogP contribution in [0.1, 0.15) is 188 Å². The first kappa shape index (κ1) is 41.0. The molecule has 1 amide bonds. The zero-order chi connectivity index (χ0) is 33.9. The number of amides is 1. The summed E-state index contributed by atoms with van der Waals surface area (Å²) in [6, 6.07) is 4.05. The molecule has 2 N–H and O–H groups in total. The Bertz CT molecular complexity index is 948. The molecule has 0 aliphatic heterocycles. The number of unbranched alkanes of at least 4 members (excludes halogenated alkanes) is 14. The lowest BCUT2D eigenvalue weighted by Gasteiger charge is -2.28. The highest BCUT2D eigenvalue weighted by molar-refractivity contribution is 5.75. The maximum absolute atomic E-state index is 12.6. The molecule has 0 unspecified atom stereocenters. The Kier molecular flexibility index (Phi) is 19.1. The van der Waals surface area contributed by atoms with E-state index in [4.69, 9.17) is 4.74 Å². The van der Waals surface area contributed by atoms with E-state index in [1.807, 2.05) is 26.0 Å². The Morgan fingerprint density at radius 3 is 1.51 bits per heavy atom. The first-order chi connectivity index (χ1) is 21.1. The van der Waals surface area contributed by atoms with E-state index in [1.54, 1.807) is 0 Å². The number of phenols is 1. The van der Waals surface area contributed by atoms with Crippen molar-refractivity contribution in [1.29, 1.82) is 0 Å². The van der Waals surface area contributed by atoms with E-state index in [-0.39, 0.29) is 41.1 Å². The van der Waals surface area contributed by atoms with Crippen molar-refractivity contribution in [2.75, 3.05) is 13.2 Å². The molecule has 0 heterocycles. The monoisotopic (exact) mass is 630 g/mol. The van der Waals surface area contributed by atoms with Gasteiger partial charge in [-0.05, 0) is 40.4 Å². The number of carbonyl (C=O) groups excluding carboxylic acids is 2. The summed E-state index contributed by atoms with van der Waals surface area (Å²) in [7, 11) is 0. The van der Waals surface area contributed by atoms with Crippen molar-refractivity contribution in [3.63, 3.8) is 0 Å². The largest absolute Gasteiger partial charge is 0.507 e. The molecule has 45 heavy (non-hydrogen) atoms. The number of rotatable bonds is 23. The standard InChI is InChI=1S/C40H71NO4/c1-10-11-12-13-14-15-16-17-18-19-20-21-22-23-24-25-35(42)41-30-40(8,9)31-45-36(43)27-26-32-28-33(38(2,3)4)37(44)34(29-32)39(5,6)7/h28-29,44H,10-27,30-31H2,1-9H3,(H,41,42). The summed E-state index contributed by atoms with van der Waals surface area (Å²) in [6.07, 6.45) is 21.1. The van der Waals surface area contributed by atoms with Crippen LogP contribution in [0.2, 0.25) is 0 Å². The molecule has 260 valence electrons. The van der Waals surface area contributed by atoms with E-state index in [0.29, 0.717) is 25.1 Å². The predicted molar refractivity (Wildman–Crippen MR) is 191 cm³/mol. The molecule has 0 aromatic heterocycles. The average molecular weight is 630 g/mol. The van der Waals surface area contributed by atoms with Gasteiger partial charge in [0, 0.05) is 24.8 Å². The van der Waals surface area contributed by atoms with Gasteiger partial charge in [0.1, 0.15) is 5.75 Å². The SMILES string of the molecule is CCCCCCCCCCCCCCCCCC(=O)NCC(C)(C)COC(=O)CCc1cc(C(C)(C)C)c(O)c(C(C)(C)C)c1. The number of aryl methyl sites for hydroxylation is 1. The van der Waals surface area contributed by atoms with Crippen molar-refractivity contribution in [3.05, 3.63) is 28.8 Å². The van der Waals surface area contributed by atoms with Crippen molar-refractivity contribution in [2.45, 2.75) is 189 Å². The van der Waals surface area contributed by atoms with Gasteiger partial charge >= 0.3 is 5.97 Å². The summed E-state index contributed by atoms with van der Waals surface area (Å²) in [6.45, 7) is 19.6. The van der Waals surface area contributed by atoms with Crippen LogP contribution in [0.4, 0.5) is 0 Å². The lowest BCUT2D eigenvalue weighted by atomic mass is 9.78. The number of hydrogen-bond donors (Lipinski definition) is 2. The minimum Gasteiger partial charge on any atom is -0.507 e. The van der Waals surface area contributed by atoms with Gasteiger partial charge in [0.2, 0.25) is 5.91 Å². The highest BCUT2D eigenvalue weighted by Gasteiger charge is 2.27. The lowest BCUT2D eigenvalue weighted by molar-refractivity contribution is -0.146. The third-order valence-electron chi connectivity index (χ3n) is 8.80. The lowest BCUT2D eigenvalue weighted by Crippen LogP contribution is -2.37. The van der Waals surface area contributed by atoms with E-state index in [2.05, 4.69) is 53.8 Å². The topological polar surface area (TPSA) is 75.6 Å². The van der Waals surface area contributed by atoms with Crippen molar-refractivity contribution >= 4 is 11.9 Å². The molecule has 0 aliphatic rings. The summed E-state index contributed by atoms with van der Waals surface area (Å²) in [5.74, 6) is 0.195. The van der Waals surface area contributed by atoms with Crippen LogP contribution in [0.3, 0.4) is 0 Å². The molecule has 1 rings (SSSR count). The van der Waals surface area contributed by atoms with Crippen LogP contribution < -0.4 is 5.32 Å². The maximum Gasteiger partial charge on any atom is 0.306 e. The van der Waals surface area contributed by atoms with Crippen molar-refractivity contribution in [3.8, 4) is 5.75 Å². The fourth-order valence-corrected chi connectivity index (χ4v) is 5.71. The Labute approximate surface area is 278 Å². The summed E-state index contributed by atoms with van der Waals surface area (Å²) in [5, 5.41) is 14.0. The minimum atomic E-state index is -0.336. The van der Waals surface area contributed by atoms with Gasteiger partial charge in [0.15, 0.2) is 0 Å². The fraction of sp³-hybridized carbons (Fsp3) is 0.800. The molecule has 1 aromatic carbocycles. The summed E-state index contributed by atoms with van der Waals surface area (Å²) in [5.41, 5.74) is 2.09. The number of aromatic hydroxyl groups is 1. The van der Waals surface area contributed by atoms with Crippen LogP contribution in [-0.2, 0) is 31.6 Å². The number of benzene rings is 1. The van der Waals surface area contributed by atoms with E-state index in [9.17, 15) is 14.7 Å². The predicted octanol–water partition coefficient (Wildman–Crippen LogP) is 10.9. The smallest absolute Gasteiger partial charge is 0.306 e. The molecule has 0 radical (unpaired) electrons. The molecular weight excluding hydrogens is 558 g/mol. The molecule has 0 aliphatic carbocycles. The summed E-state index contributed by atoms with van der Waals surface area (Å²) < 4.78 is 5.63. The highest BCUT2D eigenvalue weighted by Crippen LogP contribution is 2.40. The van der Waals surface area contributed by atoms with Crippen LogP contribution in [0, 0.1) is 5.41 Å². The Morgan fingerprint density at radius 2 is 1.09 bits per heavy atom. The Balaban J connectivity index is 2.23. The number of ether oxygens (including phenoxy) is 1. The van der Waals surface area contributed by atoms with E-state index in [0.717, 1.165) is 29.5 Å². The van der Waals surface area contributed by atoms with Gasteiger partial charge in [-0.25, -0.2) is 0 Å². The third-order valence-corrected chi connectivity index (χ3v) is 8.80. The van der Waals surface area contributed by atoms with E-state index in [1.165, 1.54) is 83.5 Å². The number of esters is 1. The van der Waals surface area contributed by atoms with Gasteiger partial charge in [-0.3, -0.25) is 9.59 Å². The van der Waals surface area contributed by atoms with E-state index < -0.39 is 0 Å². The molecule has 0 saturated carbocycles. The van der Waals surface area contributed by atoms with Crippen LogP contribution >= 0.6 is 0 Å². The first-order valence-corrected chi connectivity index (χ1v) is 18.4. The van der Waals surface area contributed by atoms with E-state index >= 15 is 0 Å². The molecule has 1 aromatic rings. The Morgan fingerprint density at radius 1 is 0.667 bits per heavy atom. The Hall–Kier alpha value is -2.04. The zero-order valence-electron chi connectivity index (χ0n) is 31.0. The second-order valence-electron chi connectivity index (χ2n) is 16.3. The second-order valence-corrected chi connectivity index (χ2v) is 16.3. The number of phenolic OH excluding ortho intramolecular Hbond substituents is 1. The molecular formula is C40H71NO4. The minimum absolute atomic E-state index is 0.0840. The number of hydrogen-bond acceptors (Lipinski definition) is 4. The zero-order valence-corrected chi connectivity index (χ0v) is 31.0. The number of nitrogens with one attached hydrogen (secondary N) is 1.